The molecule has 0 unspecified atom stereocenters. The lowest BCUT2D eigenvalue weighted by Gasteiger charge is -2.04. The van der Waals surface area contributed by atoms with Gasteiger partial charge in [-0.1, -0.05) is 11.6 Å². The highest BCUT2D eigenvalue weighted by atomic mass is 35.5. The number of rotatable bonds is 2. The number of nitrogens with two attached hydrogens (primary N) is 1. The fourth-order valence-corrected chi connectivity index (χ4v) is 1.46. The molecule has 84 valence electrons. The standard InChI is InChI=1S/C10H12ClN5/c1-6-8(3-12)4-13-10(14-6)16-5-9(11)7(2)15-16/h4-5H,3,12H2,1-2H3. The second kappa shape index (κ2) is 4.19. The molecule has 0 fully saturated rings. The van der Waals surface area contributed by atoms with Crippen LogP contribution in [0.25, 0.3) is 5.95 Å². The quantitative estimate of drug-likeness (QED) is 0.857. The molecule has 0 spiro atoms. The molecule has 0 bridgehead atoms. The molecule has 0 aliphatic carbocycles. The minimum absolute atomic E-state index is 0.436. The van der Waals surface area contributed by atoms with Crippen LogP contribution in [-0.4, -0.2) is 19.7 Å². The molecule has 2 heterocycles. The van der Waals surface area contributed by atoms with Crippen molar-refractivity contribution in [3.63, 3.8) is 0 Å². The van der Waals surface area contributed by atoms with Crippen molar-refractivity contribution in [2.75, 3.05) is 0 Å². The second-order valence-electron chi connectivity index (χ2n) is 3.49. The maximum Gasteiger partial charge on any atom is 0.250 e. The van der Waals surface area contributed by atoms with E-state index in [1.165, 1.54) is 0 Å². The van der Waals surface area contributed by atoms with Crippen LogP contribution in [0.2, 0.25) is 5.02 Å². The van der Waals surface area contributed by atoms with Gasteiger partial charge in [0.1, 0.15) is 0 Å². The minimum Gasteiger partial charge on any atom is -0.326 e. The van der Waals surface area contributed by atoms with Crippen LogP contribution in [0.5, 0.6) is 0 Å². The molecule has 0 aliphatic rings. The molecule has 0 aromatic carbocycles. The number of nitrogens with zero attached hydrogens (tertiary/aromatic N) is 4. The normalized spacial score (nSPS) is 10.8. The molecule has 2 rings (SSSR count). The fourth-order valence-electron chi connectivity index (χ4n) is 1.33. The molecule has 2 aromatic heterocycles. The van der Waals surface area contributed by atoms with E-state index in [9.17, 15) is 0 Å². The second-order valence-corrected chi connectivity index (χ2v) is 3.90. The van der Waals surface area contributed by atoms with E-state index < -0.39 is 0 Å². The Morgan fingerprint density at radius 2 is 2.12 bits per heavy atom. The van der Waals surface area contributed by atoms with Crippen molar-refractivity contribution in [3.8, 4) is 5.95 Å². The lowest BCUT2D eigenvalue weighted by Crippen LogP contribution is -2.07. The van der Waals surface area contributed by atoms with E-state index in [1.807, 2.05) is 13.8 Å². The van der Waals surface area contributed by atoms with Crippen LogP contribution in [0.15, 0.2) is 12.4 Å². The molecule has 5 nitrogen and oxygen atoms in total. The van der Waals surface area contributed by atoms with Crippen LogP contribution in [-0.2, 0) is 6.54 Å². The maximum atomic E-state index is 5.92. The first-order chi connectivity index (χ1) is 7.61. The summed E-state index contributed by atoms with van der Waals surface area (Å²) < 4.78 is 1.56. The maximum absolute atomic E-state index is 5.92. The predicted molar refractivity (Wildman–Crippen MR) is 61.5 cm³/mol. The van der Waals surface area contributed by atoms with Crippen molar-refractivity contribution >= 4 is 11.6 Å². The summed E-state index contributed by atoms with van der Waals surface area (Å²) in [5.41, 5.74) is 8.09. The predicted octanol–water partition coefficient (Wildman–Crippen LogP) is 1.39. The summed E-state index contributed by atoms with van der Waals surface area (Å²) in [6.45, 7) is 4.16. The molecule has 2 N–H and O–H groups in total. The monoisotopic (exact) mass is 237 g/mol. The molecule has 0 amide bonds. The molecular weight excluding hydrogens is 226 g/mol. The molecule has 6 heteroatoms. The summed E-state index contributed by atoms with van der Waals surface area (Å²) in [6, 6.07) is 0. The van der Waals surface area contributed by atoms with E-state index in [0.717, 1.165) is 17.0 Å². The lowest BCUT2D eigenvalue weighted by molar-refractivity contribution is 0.782. The SMILES string of the molecule is Cc1nn(-c2ncc(CN)c(C)n2)cc1Cl. The van der Waals surface area contributed by atoms with Gasteiger partial charge in [0.05, 0.1) is 16.9 Å². The average molecular weight is 238 g/mol. The van der Waals surface area contributed by atoms with Crippen LogP contribution in [0.4, 0.5) is 0 Å². The molecule has 2 aromatic rings. The summed E-state index contributed by atoms with van der Waals surface area (Å²) in [6.07, 6.45) is 3.40. The van der Waals surface area contributed by atoms with E-state index in [0.29, 0.717) is 17.5 Å². The third kappa shape index (κ3) is 1.91. The summed E-state index contributed by atoms with van der Waals surface area (Å²) in [4.78, 5) is 8.51. The Labute approximate surface area is 98.3 Å². The Kier molecular flexibility index (Phi) is 2.89. The van der Waals surface area contributed by atoms with E-state index in [-0.39, 0.29) is 0 Å². The zero-order valence-electron chi connectivity index (χ0n) is 9.11. The Morgan fingerprint density at radius 3 is 2.62 bits per heavy atom. The van der Waals surface area contributed by atoms with E-state index in [2.05, 4.69) is 15.1 Å². The van der Waals surface area contributed by atoms with Crippen LogP contribution < -0.4 is 5.73 Å². The van der Waals surface area contributed by atoms with E-state index >= 15 is 0 Å². The first kappa shape index (κ1) is 11.0. The van der Waals surface area contributed by atoms with Gasteiger partial charge in [0, 0.05) is 24.0 Å². The summed E-state index contributed by atoms with van der Waals surface area (Å²) in [5.74, 6) is 0.504. The largest absolute Gasteiger partial charge is 0.326 e. The summed E-state index contributed by atoms with van der Waals surface area (Å²) >= 11 is 5.92. The molecule has 0 radical (unpaired) electrons. The highest BCUT2D eigenvalue weighted by molar-refractivity contribution is 6.31. The van der Waals surface area contributed by atoms with Crippen molar-refractivity contribution in [1.82, 2.24) is 19.7 Å². The third-order valence-electron chi connectivity index (χ3n) is 2.33. The topological polar surface area (TPSA) is 69.6 Å². The van der Waals surface area contributed by atoms with Gasteiger partial charge in [-0.2, -0.15) is 5.10 Å². The van der Waals surface area contributed by atoms with Crippen molar-refractivity contribution in [2.45, 2.75) is 20.4 Å². The Bertz CT molecular complexity index is 500. The van der Waals surface area contributed by atoms with Gasteiger partial charge in [-0.15, -0.1) is 0 Å². The number of halogens is 1. The molecular formula is C10H12ClN5. The number of hydrogen-bond donors (Lipinski definition) is 1. The number of aromatic nitrogens is 4. The van der Waals surface area contributed by atoms with E-state index in [1.54, 1.807) is 17.1 Å². The smallest absolute Gasteiger partial charge is 0.250 e. The zero-order chi connectivity index (χ0) is 11.7. The Morgan fingerprint density at radius 1 is 1.38 bits per heavy atom. The third-order valence-corrected chi connectivity index (χ3v) is 2.70. The molecule has 0 saturated carbocycles. The van der Waals surface area contributed by atoms with E-state index in [4.69, 9.17) is 17.3 Å². The van der Waals surface area contributed by atoms with Crippen LogP contribution in [0.1, 0.15) is 17.0 Å². The highest BCUT2D eigenvalue weighted by Gasteiger charge is 2.07. The first-order valence-corrected chi connectivity index (χ1v) is 5.24. The number of aryl methyl sites for hydroxylation is 2. The van der Waals surface area contributed by atoms with Crippen molar-refractivity contribution in [2.24, 2.45) is 5.73 Å². The van der Waals surface area contributed by atoms with Gasteiger partial charge in [-0.3, -0.25) is 0 Å². The average Bonchev–Trinajstić information content (AvgIpc) is 2.59. The van der Waals surface area contributed by atoms with Crippen LogP contribution >= 0.6 is 11.6 Å². The molecule has 0 atom stereocenters. The number of hydrogen-bond acceptors (Lipinski definition) is 4. The summed E-state index contributed by atoms with van der Waals surface area (Å²) in [5, 5.41) is 4.81. The molecule has 0 aliphatic heterocycles. The van der Waals surface area contributed by atoms with Gasteiger partial charge in [-0.25, -0.2) is 14.6 Å². The van der Waals surface area contributed by atoms with Gasteiger partial charge in [0.2, 0.25) is 0 Å². The van der Waals surface area contributed by atoms with Gasteiger partial charge in [-0.05, 0) is 13.8 Å². The van der Waals surface area contributed by atoms with Gasteiger partial charge < -0.3 is 5.73 Å². The highest BCUT2D eigenvalue weighted by Crippen LogP contribution is 2.14. The molecule has 16 heavy (non-hydrogen) atoms. The van der Waals surface area contributed by atoms with Crippen molar-refractivity contribution in [1.29, 1.82) is 0 Å². The Hall–Kier alpha value is -1.46. The van der Waals surface area contributed by atoms with Crippen molar-refractivity contribution in [3.05, 3.63) is 34.4 Å². The summed E-state index contributed by atoms with van der Waals surface area (Å²) in [7, 11) is 0. The van der Waals surface area contributed by atoms with Gasteiger partial charge in [0.25, 0.3) is 5.95 Å². The van der Waals surface area contributed by atoms with Crippen LogP contribution in [0.3, 0.4) is 0 Å². The Balaban J connectivity index is 2.45. The van der Waals surface area contributed by atoms with Gasteiger partial charge >= 0.3 is 0 Å². The van der Waals surface area contributed by atoms with Crippen LogP contribution in [0, 0.1) is 13.8 Å². The minimum atomic E-state index is 0.436. The van der Waals surface area contributed by atoms with Gasteiger partial charge in [0.15, 0.2) is 0 Å². The fraction of sp³-hybridized carbons (Fsp3) is 0.300. The first-order valence-electron chi connectivity index (χ1n) is 4.86. The lowest BCUT2D eigenvalue weighted by atomic mass is 10.2. The zero-order valence-corrected chi connectivity index (χ0v) is 9.86. The molecule has 0 saturated heterocycles. The van der Waals surface area contributed by atoms with Crippen molar-refractivity contribution < 1.29 is 0 Å².